The summed E-state index contributed by atoms with van der Waals surface area (Å²) in [5.41, 5.74) is -2.38. The van der Waals surface area contributed by atoms with Gasteiger partial charge in [-0.1, -0.05) is 91.9 Å². The van der Waals surface area contributed by atoms with E-state index < -0.39 is 161 Å². The number of hydrogen-bond donors (Lipinski definition) is 3. The summed E-state index contributed by atoms with van der Waals surface area (Å²) < 4.78 is 41.1. The van der Waals surface area contributed by atoms with E-state index in [1.54, 1.807) is 11.8 Å². The molecule has 8 rings (SSSR count). The number of halogens is 3. The number of hydrogen-bond acceptors (Lipinski definition) is 13. The molecule has 3 saturated carbocycles. The maximum absolute atomic E-state index is 15.7. The van der Waals surface area contributed by atoms with Gasteiger partial charge >= 0.3 is 6.18 Å². The first-order valence-electron chi connectivity index (χ1n) is 37.2. The van der Waals surface area contributed by atoms with Crippen molar-refractivity contribution in [2.75, 3.05) is 75.0 Å². The van der Waals surface area contributed by atoms with Crippen LogP contribution in [0.15, 0.2) is 18.3 Å². The average molecular weight is 1420 g/mol. The molecule has 3 aliphatic carbocycles. The van der Waals surface area contributed by atoms with Gasteiger partial charge < -0.3 is 60.0 Å². The number of alkyl halides is 3. The Morgan fingerprint density at radius 2 is 1.26 bits per heavy atom. The monoisotopic (exact) mass is 1420 g/mol. The highest BCUT2D eigenvalue weighted by atomic mass is 19.4. The molecule has 28 heteroatoms. The van der Waals surface area contributed by atoms with Crippen molar-refractivity contribution in [1.29, 1.82) is 0 Å². The van der Waals surface area contributed by atoms with Gasteiger partial charge in [-0.05, 0) is 133 Å². The number of piperidine rings is 1. The van der Waals surface area contributed by atoms with Gasteiger partial charge in [0, 0.05) is 80.4 Å². The lowest BCUT2D eigenvalue weighted by Gasteiger charge is -2.45. The number of carbonyl (C=O) groups is 12. The number of aromatic nitrogens is 1. The van der Waals surface area contributed by atoms with E-state index in [1.165, 1.54) is 89.6 Å². The summed E-state index contributed by atoms with van der Waals surface area (Å²) in [5.74, 6) is -8.38. The Bertz CT molecular complexity index is 3150. The number of likely N-dealkylation sites (N-methyl/N-ethyl adjacent to an activating group) is 6. The second-order valence-electron chi connectivity index (χ2n) is 30.5. The minimum Gasteiger partial charge on any atom is -0.343 e. The summed E-state index contributed by atoms with van der Waals surface area (Å²) in [6.07, 6.45) is 7.35. The Morgan fingerprint density at radius 1 is 0.624 bits per heavy atom. The van der Waals surface area contributed by atoms with Gasteiger partial charge in [0.05, 0.1) is 18.5 Å². The third kappa shape index (κ3) is 18.7. The number of nitrogens with zero attached hydrogens (tertiary/aromatic N) is 10. The van der Waals surface area contributed by atoms with E-state index in [1.807, 2.05) is 20.8 Å². The van der Waals surface area contributed by atoms with Crippen LogP contribution in [0.5, 0.6) is 0 Å². The van der Waals surface area contributed by atoms with Crippen molar-refractivity contribution in [3.05, 3.63) is 29.6 Å². The SMILES string of the molecule is CC[C@H](C)[C@@H]1NC(=O)[C@H](CC(C)C)N(C)C(=O)C[C@@H](C(=O)N2CCCCC2)N(C)C(=O)[C@H](C2CCCC2)N(C)C(=O)C2(CCCC2)NC(=O)[C@@H]2CCCN2C(=O)[C@H](CCc2ccc(C(F)(F)F)cn2)NC(=O)CN(C)C(=O)[C@H](CC2CCCCC2)N(C)C(=O)[C@@H]2CCN2C(=O)[C@H](C)N(C)C1=O. The molecule has 1 spiro atoms. The van der Waals surface area contributed by atoms with Crippen LogP contribution in [0, 0.1) is 23.7 Å². The van der Waals surface area contributed by atoms with Gasteiger partial charge in [-0.15, -0.1) is 0 Å². The number of carbonyl (C=O) groups excluding carboxylic acids is 12. The molecular formula is C73H112F3N13O12. The van der Waals surface area contributed by atoms with Crippen LogP contribution in [0.3, 0.4) is 0 Å². The lowest BCUT2D eigenvalue weighted by atomic mass is 9.84. The van der Waals surface area contributed by atoms with E-state index in [4.69, 9.17) is 0 Å². The van der Waals surface area contributed by atoms with Crippen LogP contribution >= 0.6 is 0 Å². The molecule has 0 aromatic carbocycles. The van der Waals surface area contributed by atoms with Crippen molar-refractivity contribution in [2.45, 2.75) is 261 Å². The molecule has 12 amide bonds. The predicted octanol–water partition coefficient (Wildman–Crippen LogP) is 5.31. The third-order valence-electron chi connectivity index (χ3n) is 23.2. The van der Waals surface area contributed by atoms with Crippen molar-refractivity contribution in [3.8, 4) is 0 Å². The van der Waals surface area contributed by atoms with Crippen molar-refractivity contribution in [3.63, 3.8) is 0 Å². The Kier molecular flexibility index (Phi) is 27.2. The van der Waals surface area contributed by atoms with Crippen LogP contribution < -0.4 is 16.0 Å². The number of amides is 12. The van der Waals surface area contributed by atoms with E-state index in [0.29, 0.717) is 70.7 Å². The first kappa shape index (κ1) is 79.3. The maximum Gasteiger partial charge on any atom is 0.417 e. The van der Waals surface area contributed by atoms with Crippen LogP contribution in [-0.2, 0) is 70.1 Å². The second kappa shape index (κ2) is 34.7. The van der Waals surface area contributed by atoms with Gasteiger partial charge in [0.2, 0.25) is 70.9 Å². The normalized spacial score (nSPS) is 28.6. The lowest BCUT2D eigenvalue weighted by Crippen LogP contribution is -2.65. The van der Waals surface area contributed by atoms with Crippen molar-refractivity contribution in [1.82, 2.24) is 65.0 Å². The number of rotatable bonds is 11. The Labute approximate surface area is 593 Å². The van der Waals surface area contributed by atoms with E-state index in [0.717, 1.165) is 62.3 Å². The summed E-state index contributed by atoms with van der Waals surface area (Å²) in [7, 11) is 8.77. The molecule has 0 unspecified atom stereocenters. The fourth-order valence-corrected chi connectivity index (χ4v) is 16.3. The molecule has 4 aliphatic heterocycles. The van der Waals surface area contributed by atoms with Gasteiger partial charge in [-0.2, -0.15) is 13.2 Å². The fraction of sp³-hybridized carbons (Fsp3) is 0.767. The standard InChI is InChI=1S/C73H112F3N13O12/c1-12-46(4)60-69(99)82(7)47(5)64(94)89-39-33-54(89)67(97)84(9)56(41-48-24-15-13-16-25-48)66(96)81(6)44-58(90)78-52(32-31-51-30-29-50(43-77-51)73(74,75)76)65(95)88-38-23-28-53(88)63(93)80-72(34-19-20-35-72)71(101)86(11)61(49-26-17-18-27-49)70(100)85(10)57(68(98)87-36-21-14-22-37-87)42-59(91)83(8)55(40-45(2)3)62(92)79-60/h29-30,43,45-49,52-57,60-61H,12-28,31-42,44H2,1-11H3,(H,78,90)(H,79,92)(H,80,93)/t46-,47-,52-,53-,54-,55-,56-,57-,60-,61-/m0/s1. The Balaban J connectivity index is 1.17. The highest BCUT2D eigenvalue weighted by molar-refractivity contribution is 6.01. The predicted molar refractivity (Wildman–Crippen MR) is 369 cm³/mol. The number of likely N-dealkylation sites (tertiary alicyclic amines) is 1. The molecule has 101 heavy (non-hydrogen) atoms. The molecule has 0 bridgehead atoms. The average Bonchev–Trinajstić information content (AvgIpc) is 1.75. The largest absolute Gasteiger partial charge is 0.417 e. The summed E-state index contributed by atoms with van der Waals surface area (Å²) >= 11 is 0. The molecule has 1 aromatic heterocycles. The lowest BCUT2D eigenvalue weighted by molar-refractivity contribution is -0.160. The molecule has 10 atom stereocenters. The molecule has 25 nitrogen and oxygen atoms in total. The first-order valence-corrected chi connectivity index (χ1v) is 37.2. The van der Waals surface area contributed by atoms with Gasteiger partial charge in [-0.25, -0.2) is 0 Å². The fourth-order valence-electron chi connectivity index (χ4n) is 16.3. The summed E-state index contributed by atoms with van der Waals surface area (Å²) in [6, 6.07) is -8.78. The highest BCUT2D eigenvalue weighted by Gasteiger charge is 2.52. The van der Waals surface area contributed by atoms with E-state index in [9.17, 15) is 41.9 Å². The van der Waals surface area contributed by atoms with E-state index in [2.05, 4.69) is 20.9 Å². The van der Waals surface area contributed by atoms with Crippen LogP contribution in [0.25, 0.3) is 0 Å². The molecular weight excluding hydrogens is 1310 g/mol. The topological polar surface area (TPSA) is 283 Å². The number of nitrogens with one attached hydrogen (secondary N) is 3. The molecule has 4 saturated heterocycles. The molecule has 562 valence electrons. The summed E-state index contributed by atoms with van der Waals surface area (Å²) in [6.45, 7) is 9.28. The highest BCUT2D eigenvalue weighted by Crippen LogP contribution is 2.38. The van der Waals surface area contributed by atoms with Crippen molar-refractivity contribution >= 4 is 70.9 Å². The molecule has 5 heterocycles. The van der Waals surface area contributed by atoms with E-state index in [-0.39, 0.29) is 87.9 Å². The number of aryl methyl sites for hydroxylation is 1. The van der Waals surface area contributed by atoms with Gasteiger partial charge in [0.1, 0.15) is 59.9 Å². The molecule has 0 radical (unpaired) electrons. The van der Waals surface area contributed by atoms with Crippen LogP contribution in [0.1, 0.15) is 200 Å². The molecule has 3 N–H and O–H groups in total. The number of fused-ring (bicyclic) bond motifs is 2. The van der Waals surface area contributed by atoms with Crippen LogP contribution in [0.2, 0.25) is 0 Å². The quantitative estimate of drug-likeness (QED) is 0.254. The van der Waals surface area contributed by atoms with E-state index >= 15 is 28.8 Å². The minimum absolute atomic E-state index is 0.0294. The maximum atomic E-state index is 15.7. The smallest absolute Gasteiger partial charge is 0.343 e. The summed E-state index contributed by atoms with van der Waals surface area (Å²) in [5, 5.41) is 8.82. The second-order valence-corrected chi connectivity index (χ2v) is 30.5. The Hall–Kier alpha value is -7.42. The van der Waals surface area contributed by atoms with Gasteiger partial charge in [-0.3, -0.25) is 62.5 Å². The summed E-state index contributed by atoms with van der Waals surface area (Å²) in [4.78, 5) is 197. The molecule has 1 aromatic rings. The van der Waals surface area contributed by atoms with Crippen molar-refractivity contribution in [2.24, 2.45) is 23.7 Å². The zero-order valence-corrected chi connectivity index (χ0v) is 61.5. The Morgan fingerprint density at radius 3 is 1.85 bits per heavy atom. The van der Waals surface area contributed by atoms with Gasteiger partial charge in [0.15, 0.2) is 0 Å². The van der Waals surface area contributed by atoms with Crippen LogP contribution in [-0.4, -0.2) is 255 Å². The third-order valence-corrected chi connectivity index (χ3v) is 23.2. The first-order chi connectivity index (χ1) is 47.8. The van der Waals surface area contributed by atoms with Gasteiger partial charge in [0.25, 0.3) is 0 Å². The zero-order valence-electron chi connectivity index (χ0n) is 61.5. The molecule has 7 fully saturated rings. The van der Waals surface area contributed by atoms with Crippen LogP contribution in [0.4, 0.5) is 13.2 Å². The van der Waals surface area contributed by atoms with Crippen molar-refractivity contribution < 1.29 is 70.7 Å². The molecule has 7 aliphatic rings. The zero-order chi connectivity index (χ0) is 73.9. The number of pyridine rings is 1. The minimum atomic E-state index is -4.68.